The van der Waals surface area contributed by atoms with Crippen LogP contribution in [0.2, 0.25) is 0 Å². The molecule has 2 N–H and O–H groups in total. The molecule has 0 saturated heterocycles. The van der Waals surface area contributed by atoms with Gasteiger partial charge in [0.2, 0.25) is 0 Å². The van der Waals surface area contributed by atoms with Crippen LogP contribution in [0.1, 0.15) is 29.7 Å². The van der Waals surface area contributed by atoms with Crippen molar-refractivity contribution in [2.75, 3.05) is 0 Å². The van der Waals surface area contributed by atoms with Crippen molar-refractivity contribution in [1.29, 1.82) is 0 Å². The zero-order valence-corrected chi connectivity index (χ0v) is 11.7. The minimum absolute atomic E-state index is 0.0729. The molecule has 1 aliphatic heterocycles. The Morgan fingerprint density at radius 1 is 1.16 bits per heavy atom. The van der Waals surface area contributed by atoms with E-state index in [0.717, 1.165) is 21.3 Å². The van der Waals surface area contributed by atoms with Crippen molar-refractivity contribution in [3.63, 3.8) is 0 Å². The van der Waals surface area contributed by atoms with Crippen molar-refractivity contribution in [3.05, 3.63) is 63.9 Å². The topological polar surface area (TPSA) is 35.2 Å². The average Bonchev–Trinajstić information content (AvgIpc) is 2.40. The molecule has 0 saturated carbocycles. The molecule has 2 aromatic carbocycles. The van der Waals surface area contributed by atoms with Crippen LogP contribution in [0.5, 0.6) is 5.75 Å². The number of benzene rings is 2. The highest BCUT2D eigenvalue weighted by Gasteiger charge is 2.27. The smallest absolute Gasteiger partial charge is 0.126 e. The first-order valence-corrected chi connectivity index (χ1v) is 6.90. The van der Waals surface area contributed by atoms with Gasteiger partial charge in [0.1, 0.15) is 17.7 Å². The fourth-order valence-electron chi connectivity index (χ4n) is 2.36. The molecule has 0 bridgehead atoms. The van der Waals surface area contributed by atoms with Crippen LogP contribution < -0.4 is 10.5 Å². The Hall–Kier alpha value is -1.39. The van der Waals surface area contributed by atoms with E-state index < -0.39 is 0 Å². The van der Waals surface area contributed by atoms with Crippen LogP contribution in [0.3, 0.4) is 0 Å². The van der Waals surface area contributed by atoms with Gasteiger partial charge in [-0.1, -0.05) is 28.1 Å². The minimum Gasteiger partial charge on any atom is -0.485 e. The summed E-state index contributed by atoms with van der Waals surface area (Å²) in [5.41, 5.74) is 8.15. The highest BCUT2D eigenvalue weighted by atomic mass is 79.9. The van der Waals surface area contributed by atoms with Gasteiger partial charge in [0.15, 0.2) is 0 Å². The van der Waals surface area contributed by atoms with Crippen molar-refractivity contribution >= 4 is 15.9 Å². The van der Waals surface area contributed by atoms with E-state index in [-0.39, 0.29) is 18.0 Å². The normalized spacial score (nSPS) is 21.6. The summed E-state index contributed by atoms with van der Waals surface area (Å²) in [6, 6.07) is 12.1. The summed E-state index contributed by atoms with van der Waals surface area (Å²) < 4.78 is 19.9. The van der Waals surface area contributed by atoms with Crippen molar-refractivity contribution < 1.29 is 9.13 Å². The molecule has 0 amide bonds. The van der Waals surface area contributed by atoms with Gasteiger partial charge >= 0.3 is 0 Å². The Bertz CT molecular complexity index is 600. The van der Waals surface area contributed by atoms with Gasteiger partial charge in [-0.3, -0.25) is 0 Å². The third-order valence-electron chi connectivity index (χ3n) is 3.35. The monoisotopic (exact) mass is 321 g/mol. The number of rotatable bonds is 1. The summed E-state index contributed by atoms with van der Waals surface area (Å²) in [6.45, 7) is 0. The second-order valence-electron chi connectivity index (χ2n) is 4.68. The van der Waals surface area contributed by atoms with Gasteiger partial charge in [0, 0.05) is 22.5 Å². The Balaban J connectivity index is 1.92. The summed E-state index contributed by atoms with van der Waals surface area (Å²) in [5.74, 6) is 0.560. The van der Waals surface area contributed by atoms with Crippen molar-refractivity contribution in [2.45, 2.75) is 18.6 Å². The predicted octanol–water partition coefficient (Wildman–Crippen LogP) is 4.11. The van der Waals surface area contributed by atoms with Crippen molar-refractivity contribution in [3.8, 4) is 5.75 Å². The number of halogens is 2. The van der Waals surface area contributed by atoms with Gasteiger partial charge in [0.25, 0.3) is 0 Å². The van der Waals surface area contributed by atoms with Crippen LogP contribution >= 0.6 is 15.9 Å². The zero-order chi connectivity index (χ0) is 13.4. The second kappa shape index (κ2) is 4.94. The molecular formula is C15H13BrFNO. The van der Waals surface area contributed by atoms with Gasteiger partial charge in [-0.15, -0.1) is 0 Å². The molecule has 1 unspecified atom stereocenters. The third-order valence-corrected chi connectivity index (χ3v) is 3.84. The number of ether oxygens (including phenoxy) is 1. The molecule has 0 fully saturated rings. The lowest BCUT2D eigenvalue weighted by atomic mass is 9.94. The minimum atomic E-state index is -0.242. The van der Waals surface area contributed by atoms with Gasteiger partial charge in [-0.05, 0) is 35.9 Å². The van der Waals surface area contributed by atoms with Crippen molar-refractivity contribution in [2.24, 2.45) is 5.73 Å². The largest absolute Gasteiger partial charge is 0.485 e. The quantitative estimate of drug-likeness (QED) is 0.857. The molecule has 2 aromatic rings. The zero-order valence-electron chi connectivity index (χ0n) is 10.1. The number of hydrogen-bond donors (Lipinski definition) is 1. The Labute approximate surface area is 119 Å². The van der Waals surface area contributed by atoms with Gasteiger partial charge in [-0.2, -0.15) is 0 Å². The summed E-state index contributed by atoms with van der Waals surface area (Å²) in [4.78, 5) is 0. The van der Waals surface area contributed by atoms with Gasteiger partial charge in [0.05, 0.1) is 0 Å². The molecule has 0 spiro atoms. The first-order chi connectivity index (χ1) is 9.13. The Morgan fingerprint density at radius 2 is 1.89 bits per heavy atom. The number of hydrogen-bond acceptors (Lipinski definition) is 2. The fourth-order valence-corrected chi connectivity index (χ4v) is 2.74. The highest BCUT2D eigenvalue weighted by molar-refractivity contribution is 9.10. The van der Waals surface area contributed by atoms with Gasteiger partial charge in [-0.25, -0.2) is 4.39 Å². The molecule has 1 heterocycles. The first-order valence-electron chi connectivity index (χ1n) is 6.10. The van der Waals surface area contributed by atoms with Crippen LogP contribution in [0.4, 0.5) is 4.39 Å². The van der Waals surface area contributed by atoms with E-state index in [2.05, 4.69) is 15.9 Å². The van der Waals surface area contributed by atoms with Gasteiger partial charge < -0.3 is 10.5 Å². The van der Waals surface area contributed by atoms with E-state index >= 15 is 0 Å². The maximum Gasteiger partial charge on any atom is 0.126 e. The van der Waals surface area contributed by atoms with Crippen LogP contribution in [0, 0.1) is 5.82 Å². The van der Waals surface area contributed by atoms with E-state index in [1.165, 1.54) is 12.1 Å². The molecule has 4 heteroatoms. The maximum absolute atomic E-state index is 12.9. The number of fused-ring (bicyclic) bond motifs is 1. The molecule has 19 heavy (non-hydrogen) atoms. The molecule has 0 aliphatic carbocycles. The van der Waals surface area contributed by atoms with Crippen LogP contribution in [-0.2, 0) is 0 Å². The molecule has 1 aliphatic rings. The van der Waals surface area contributed by atoms with Crippen LogP contribution in [0.15, 0.2) is 46.9 Å². The Kier molecular flexibility index (Phi) is 3.29. The highest BCUT2D eigenvalue weighted by Crippen LogP contribution is 2.40. The summed E-state index contributed by atoms with van der Waals surface area (Å²) in [5, 5.41) is 0. The Morgan fingerprint density at radius 3 is 2.63 bits per heavy atom. The summed E-state index contributed by atoms with van der Waals surface area (Å²) >= 11 is 3.43. The standard InChI is InChI=1S/C15H13BrFNO/c16-10-3-6-14-12(7-10)13(18)8-15(19-14)9-1-4-11(17)5-2-9/h1-7,13,15H,8,18H2/t13-,15?/m1/s1. The molecule has 3 rings (SSSR count). The molecule has 2 atom stereocenters. The lowest BCUT2D eigenvalue weighted by molar-refractivity contribution is 0.161. The molecule has 0 radical (unpaired) electrons. The fraction of sp³-hybridized carbons (Fsp3) is 0.200. The third kappa shape index (κ3) is 2.51. The predicted molar refractivity (Wildman–Crippen MR) is 75.5 cm³/mol. The molecule has 0 aromatic heterocycles. The average molecular weight is 322 g/mol. The summed E-state index contributed by atoms with van der Waals surface area (Å²) in [7, 11) is 0. The lowest BCUT2D eigenvalue weighted by Crippen LogP contribution is -2.24. The van der Waals surface area contributed by atoms with Crippen LogP contribution in [0.25, 0.3) is 0 Å². The van der Waals surface area contributed by atoms with E-state index in [1.54, 1.807) is 12.1 Å². The van der Waals surface area contributed by atoms with Crippen molar-refractivity contribution in [1.82, 2.24) is 0 Å². The molecule has 98 valence electrons. The van der Waals surface area contributed by atoms with E-state index in [0.29, 0.717) is 6.42 Å². The number of nitrogens with two attached hydrogens (primary N) is 1. The SMILES string of the molecule is N[C@@H]1CC(c2ccc(F)cc2)Oc2ccc(Br)cc21. The van der Waals surface area contributed by atoms with E-state index in [4.69, 9.17) is 10.5 Å². The lowest BCUT2D eigenvalue weighted by Gasteiger charge is -2.30. The van der Waals surface area contributed by atoms with E-state index in [9.17, 15) is 4.39 Å². The maximum atomic E-state index is 12.9. The van der Waals surface area contributed by atoms with Crippen LogP contribution in [-0.4, -0.2) is 0 Å². The molecule has 2 nitrogen and oxygen atoms in total. The first kappa shape index (κ1) is 12.6. The second-order valence-corrected chi connectivity index (χ2v) is 5.60. The van der Waals surface area contributed by atoms with E-state index in [1.807, 2.05) is 18.2 Å². The summed E-state index contributed by atoms with van der Waals surface area (Å²) in [6.07, 6.45) is 0.569. The molecular weight excluding hydrogens is 309 g/mol.